The van der Waals surface area contributed by atoms with Gasteiger partial charge >= 0.3 is 6.03 Å². The van der Waals surface area contributed by atoms with E-state index < -0.39 is 0 Å². The molecule has 138 valence electrons. The van der Waals surface area contributed by atoms with Crippen molar-refractivity contribution in [1.82, 2.24) is 15.1 Å². The van der Waals surface area contributed by atoms with E-state index in [0.717, 1.165) is 32.2 Å². The first-order chi connectivity index (χ1) is 12.7. The molecule has 2 aliphatic heterocycles. The molecule has 6 nitrogen and oxygen atoms in total. The fourth-order valence-electron chi connectivity index (χ4n) is 3.87. The third-order valence-corrected chi connectivity index (χ3v) is 6.02. The Morgan fingerprint density at radius 3 is 2.69 bits per heavy atom. The van der Waals surface area contributed by atoms with Crippen molar-refractivity contribution in [3.63, 3.8) is 0 Å². The lowest BCUT2D eigenvalue weighted by atomic mass is 10.0. The molecule has 0 spiro atoms. The minimum atomic E-state index is 0.000547. The largest absolute Gasteiger partial charge is 0.472 e. The van der Waals surface area contributed by atoms with Crippen molar-refractivity contribution in [2.45, 2.75) is 37.8 Å². The van der Waals surface area contributed by atoms with Crippen molar-refractivity contribution in [3.8, 4) is 0 Å². The molecule has 0 bridgehead atoms. The van der Waals surface area contributed by atoms with Gasteiger partial charge in [-0.2, -0.15) is 11.3 Å². The van der Waals surface area contributed by atoms with Gasteiger partial charge in [0, 0.05) is 25.7 Å². The lowest BCUT2D eigenvalue weighted by Crippen LogP contribution is -2.50. The van der Waals surface area contributed by atoms with Crippen molar-refractivity contribution in [2.75, 3.05) is 19.6 Å². The van der Waals surface area contributed by atoms with Gasteiger partial charge in [0.05, 0.1) is 17.9 Å². The number of furan rings is 1. The maximum absolute atomic E-state index is 12.7. The Hall–Kier alpha value is -2.28. The first kappa shape index (κ1) is 17.1. The van der Waals surface area contributed by atoms with E-state index in [1.165, 1.54) is 18.1 Å². The topological polar surface area (TPSA) is 65.8 Å². The lowest BCUT2D eigenvalue weighted by Gasteiger charge is -2.34. The van der Waals surface area contributed by atoms with Gasteiger partial charge < -0.3 is 19.5 Å². The van der Waals surface area contributed by atoms with Crippen molar-refractivity contribution in [3.05, 3.63) is 46.5 Å². The average molecular weight is 373 g/mol. The van der Waals surface area contributed by atoms with Crippen LogP contribution in [0.5, 0.6) is 0 Å². The minimum absolute atomic E-state index is 0.000547. The van der Waals surface area contributed by atoms with Crippen LogP contribution in [0.1, 0.15) is 47.6 Å². The summed E-state index contributed by atoms with van der Waals surface area (Å²) < 4.78 is 4.99. The molecule has 0 saturated carbocycles. The summed E-state index contributed by atoms with van der Waals surface area (Å²) in [4.78, 5) is 28.9. The fraction of sp³-hybridized carbons (Fsp3) is 0.474. The standard InChI is InChI=1S/C19H23N3O3S/c23-18(14-5-10-25-12-14)21-8-3-16(4-9-21)20-19(24)22-7-1-2-17(22)15-6-11-26-13-15/h5-6,10-13,16-17H,1-4,7-9H2,(H,20,24). The van der Waals surface area contributed by atoms with Crippen LogP contribution in [0.25, 0.3) is 0 Å². The summed E-state index contributed by atoms with van der Waals surface area (Å²) in [5.74, 6) is 0.000547. The number of hydrogen-bond donors (Lipinski definition) is 1. The Labute approximate surface area is 156 Å². The van der Waals surface area contributed by atoms with Crippen LogP contribution in [-0.4, -0.2) is 47.4 Å². The van der Waals surface area contributed by atoms with E-state index in [1.54, 1.807) is 17.4 Å². The van der Waals surface area contributed by atoms with Gasteiger partial charge in [0.1, 0.15) is 6.26 Å². The smallest absolute Gasteiger partial charge is 0.318 e. The fourth-order valence-corrected chi connectivity index (χ4v) is 4.58. The summed E-state index contributed by atoms with van der Waals surface area (Å²) in [6.07, 6.45) is 6.64. The minimum Gasteiger partial charge on any atom is -0.472 e. The van der Waals surface area contributed by atoms with E-state index in [0.29, 0.717) is 18.7 Å². The van der Waals surface area contributed by atoms with Crippen LogP contribution in [0.2, 0.25) is 0 Å². The molecule has 26 heavy (non-hydrogen) atoms. The second kappa shape index (κ2) is 7.53. The van der Waals surface area contributed by atoms with Crippen molar-refractivity contribution < 1.29 is 14.0 Å². The van der Waals surface area contributed by atoms with E-state index in [1.807, 2.05) is 9.80 Å². The normalized spacial score (nSPS) is 21.2. The number of urea groups is 1. The predicted octanol–water partition coefficient (Wildman–Crippen LogP) is 3.49. The molecule has 7 heteroatoms. The number of hydrogen-bond acceptors (Lipinski definition) is 4. The lowest BCUT2D eigenvalue weighted by molar-refractivity contribution is 0.0705. The highest BCUT2D eigenvalue weighted by atomic mass is 32.1. The van der Waals surface area contributed by atoms with E-state index in [9.17, 15) is 9.59 Å². The monoisotopic (exact) mass is 373 g/mol. The van der Waals surface area contributed by atoms with Crippen LogP contribution in [0.4, 0.5) is 4.79 Å². The van der Waals surface area contributed by atoms with Crippen molar-refractivity contribution in [2.24, 2.45) is 0 Å². The summed E-state index contributed by atoms with van der Waals surface area (Å²) >= 11 is 1.68. The van der Waals surface area contributed by atoms with Gasteiger partial charge in [-0.1, -0.05) is 0 Å². The van der Waals surface area contributed by atoms with Gasteiger partial charge in [0.2, 0.25) is 0 Å². The Bertz CT molecular complexity index is 736. The highest BCUT2D eigenvalue weighted by molar-refractivity contribution is 7.08. The van der Waals surface area contributed by atoms with Gasteiger partial charge in [-0.15, -0.1) is 0 Å². The zero-order valence-electron chi connectivity index (χ0n) is 14.6. The van der Waals surface area contributed by atoms with E-state index in [4.69, 9.17) is 4.42 Å². The molecular weight excluding hydrogens is 350 g/mol. The molecule has 4 heterocycles. The Kier molecular flexibility index (Phi) is 4.97. The highest BCUT2D eigenvalue weighted by Crippen LogP contribution is 2.33. The second-order valence-electron chi connectivity index (χ2n) is 6.94. The van der Waals surface area contributed by atoms with Crippen molar-refractivity contribution >= 4 is 23.3 Å². The first-order valence-electron chi connectivity index (χ1n) is 9.13. The van der Waals surface area contributed by atoms with Gasteiger partial charge in [0.15, 0.2) is 0 Å². The van der Waals surface area contributed by atoms with E-state index >= 15 is 0 Å². The zero-order chi connectivity index (χ0) is 17.9. The molecule has 2 aromatic heterocycles. The number of likely N-dealkylation sites (tertiary alicyclic amines) is 2. The van der Waals surface area contributed by atoms with Crippen LogP contribution in [0.15, 0.2) is 39.8 Å². The van der Waals surface area contributed by atoms with Crippen LogP contribution in [-0.2, 0) is 0 Å². The summed E-state index contributed by atoms with van der Waals surface area (Å²) in [6.45, 7) is 2.12. The zero-order valence-corrected chi connectivity index (χ0v) is 15.4. The Morgan fingerprint density at radius 2 is 2.00 bits per heavy atom. The number of nitrogens with zero attached hydrogens (tertiary/aromatic N) is 2. The van der Waals surface area contributed by atoms with Gasteiger partial charge in [-0.25, -0.2) is 4.79 Å². The third kappa shape index (κ3) is 3.49. The maximum atomic E-state index is 12.7. The summed E-state index contributed by atoms with van der Waals surface area (Å²) in [6, 6.07) is 4.15. The molecule has 2 aliphatic rings. The summed E-state index contributed by atoms with van der Waals surface area (Å²) in [5, 5.41) is 7.38. The Balaban J connectivity index is 1.30. The second-order valence-corrected chi connectivity index (χ2v) is 7.72. The Morgan fingerprint density at radius 1 is 1.15 bits per heavy atom. The van der Waals surface area contributed by atoms with E-state index in [-0.39, 0.29) is 24.0 Å². The summed E-state index contributed by atoms with van der Waals surface area (Å²) in [5.41, 5.74) is 1.83. The number of thiophene rings is 1. The van der Waals surface area contributed by atoms with Gasteiger partial charge in [-0.3, -0.25) is 4.79 Å². The maximum Gasteiger partial charge on any atom is 0.318 e. The van der Waals surface area contributed by atoms with Gasteiger partial charge in [0.25, 0.3) is 5.91 Å². The number of amides is 3. The number of piperidine rings is 1. The van der Waals surface area contributed by atoms with Crippen LogP contribution in [0, 0.1) is 0 Å². The molecule has 2 fully saturated rings. The predicted molar refractivity (Wildman–Crippen MR) is 99.2 cm³/mol. The molecular formula is C19H23N3O3S. The van der Waals surface area contributed by atoms with E-state index in [2.05, 4.69) is 22.1 Å². The molecule has 0 aliphatic carbocycles. The van der Waals surface area contributed by atoms with Gasteiger partial charge in [-0.05, 0) is 54.1 Å². The first-order valence-corrected chi connectivity index (χ1v) is 10.1. The number of rotatable bonds is 3. The molecule has 1 atom stereocenters. The number of carbonyl (C=O) groups is 2. The molecule has 2 saturated heterocycles. The van der Waals surface area contributed by atoms with Crippen LogP contribution >= 0.6 is 11.3 Å². The highest BCUT2D eigenvalue weighted by Gasteiger charge is 2.32. The quantitative estimate of drug-likeness (QED) is 0.896. The number of nitrogens with one attached hydrogen (secondary N) is 1. The van der Waals surface area contributed by atoms with Crippen LogP contribution < -0.4 is 5.32 Å². The molecule has 0 aromatic carbocycles. The molecule has 1 N–H and O–H groups in total. The molecule has 4 rings (SSSR count). The van der Waals surface area contributed by atoms with Crippen molar-refractivity contribution in [1.29, 1.82) is 0 Å². The summed E-state index contributed by atoms with van der Waals surface area (Å²) in [7, 11) is 0. The molecule has 1 unspecified atom stereocenters. The molecule has 2 aromatic rings. The third-order valence-electron chi connectivity index (χ3n) is 5.32. The molecule has 0 radical (unpaired) electrons. The number of carbonyl (C=O) groups excluding carboxylic acids is 2. The van der Waals surface area contributed by atoms with Crippen LogP contribution in [0.3, 0.4) is 0 Å². The molecule has 3 amide bonds. The SMILES string of the molecule is O=C(c1ccoc1)N1CCC(NC(=O)N2CCCC2c2ccsc2)CC1. The average Bonchev–Trinajstić information content (AvgIpc) is 3.43.